The fourth-order valence-corrected chi connectivity index (χ4v) is 5.93. The second kappa shape index (κ2) is 15.1. The van der Waals surface area contributed by atoms with Gasteiger partial charge in [0.15, 0.2) is 10.7 Å². The minimum atomic E-state index is -2.07. The first-order valence-corrected chi connectivity index (χ1v) is 16.7. The first kappa shape index (κ1) is 37.3. The number of carbonyl (C=O) groups excluding carboxylic acids is 3. The topological polar surface area (TPSA) is 189 Å². The Labute approximate surface area is 298 Å². The van der Waals surface area contributed by atoms with E-state index in [-0.39, 0.29) is 28.4 Å². The quantitative estimate of drug-likeness (QED) is 0.142. The van der Waals surface area contributed by atoms with E-state index in [9.17, 15) is 28.5 Å². The zero-order chi connectivity index (χ0) is 37.9. The van der Waals surface area contributed by atoms with Crippen LogP contribution in [0.1, 0.15) is 47.1 Å². The Morgan fingerprint density at radius 3 is 2.33 bits per heavy atom. The highest BCUT2D eigenvalue weighted by Crippen LogP contribution is 2.24. The van der Waals surface area contributed by atoms with E-state index in [4.69, 9.17) is 4.74 Å². The van der Waals surface area contributed by atoms with Crippen LogP contribution in [0, 0.1) is 11.6 Å². The molecule has 0 spiro atoms. The number of nitrogens with one attached hydrogen (secondary N) is 3. The van der Waals surface area contributed by atoms with Gasteiger partial charge in [-0.15, -0.1) is 0 Å². The number of ether oxygens (including phenoxy) is 1. The molecule has 2 unspecified atom stereocenters. The predicted molar refractivity (Wildman–Crippen MR) is 187 cm³/mol. The summed E-state index contributed by atoms with van der Waals surface area (Å²) in [5.74, 6) is -4.68. The van der Waals surface area contributed by atoms with Crippen LogP contribution in [0.3, 0.4) is 0 Å². The normalized spacial score (nSPS) is 12.5. The van der Waals surface area contributed by atoms with Crippen LogP contribution in [0.4, 0.5) is 14.5 Å². The molecule has 0 fully saturated rings. The van der Waals surface area contributed by atoms with Gasteiger partial charge >= 0.3 is 11.7 Å². The molecular formula is C35H33F2N7O7S. The zero-order valence-corrected chi connectivity index (χ0v) is 29.3. The van der Waals surface area contributed by atoms with Crippen molar-refractivity contribution in [1.29, 1.82) is 0 Å². The van der Waals surface area contributed by atoms with Gasteiger partial charge in [-0.25, -0.2) is 32.6 Å². The maximum Gasteiger partial charge on any atom is 0.337 e. The maximum absolute atomic E-state index is 15.2. The molecule has 0 aliphatic carbocycles. The number of aromatic nitrogens is 4. The SMILES string of the molecule is COC(=O)C(Cc1ccc(-n2c(=O)c3ccncc3n(C)c2=O)nc1)NC(=O)c1cc(F)c(N[S+]([O-])c2ccc(C(=O)NC(C)(C)C)cc2)cc1F. The molecule has 0 aliphatic heterocycles. The molecule has 3 aromatic heterocycles. The maximum atomic E-state index is 15.2. The van der Waals surface area contributed by atoms with E-state index >= 15 is 8.78 Å². The van der Waals surface area contributed by atoms with Gasteiger partial charge in [-0.2, -0.15) is 0 Å². The van der Waals surface area contributed by atoms with Crippen molar-refractivity contribution in [2.24, 2.45) is 7.05 Å². The number of amides is 2. The molecule has 0 aliphatic rings. The number of esters is 1. The Morgan fingerprint density at radius 1 is 0.981 bits per heavy atom. The van der Waals surface area contributed by atoms with Crippen molar-refractivity contribution in [3.63, 3.8) is 0 Å². The largest absolute Gasteiger partial charge is 0.588 e. The second-order valence-electron chi connectivity index (χ2n) is 12.6. The number of benzene rings is 2. The van der Waals surface area contributed by atoms with Crippen LogP contribution in [0.15, 0.2) is 87.7 Å². The van der Waals surface area contributed by atoms with E-state index in [1.807, 2.05) is 20.8 Å². The molecule has 5 aromatic rings. The number of methoxy groups -OCH3 is 1. The summed E-state index contributed by atoms with van der Waals surface area (Å²) in [6, 6.07) is 9.87. The first-order valence-electron chi connectivity index (χ1n) is 15.6. The highest BCUT2D eigenvalue weighted by Gasteiger charge is 2.27. The fourth-order valence-electron chi connectivity index (χ4n) is 5.07. The van der Waals surface area contributed by atoms with Gasteiger partial charge in [-0.05, 0) is 68.8 Å². The fraction of sp³-hybridized carbons (Fsp3) is 0.229. The van der Waals surface area contributed by atoms with Crippen molar-refractivity contribution >= 4 is 45.7 Å². The van der Waals surface area contributed by atoms with Crippen LogP contribution in [-0.2, 0) is 34.4 Å². The van der Waals surface area contributed by atoms with E-state index in [1.165, 1.54) is 72.7 Å². The summed E-state index contributed by atoms with van der Waals surface area (Å²) in [5.41, 5.74) is -1.98. The zero-order valence-electron chi connectivity index (χ0n) is 28.5. The average molecular weight is 734 g/mol. The van der Waals surface area contributed by atoms with Crippen LogP contribution in [0.25, 0.3) is 16.7 Å². The minimum absolute atomic E-state index is 0.000550. The summed E-state index contributed by atoms with van der Waals surface area (Å²) in [6.45, 7) is 5.46. The Kier molecular flexibility index (Phi) is 10.9. The molecule has 2 atom stereocenters. The molecule has 3 heterocycles. The number of rotatable bonds is 10. The highest BCUT2D eigenvalue weighted by molar-refractivity contribution is 7.92. The van der Waals surface area contributed by atoms with Gasteiger partial charge in [-0.1, -0.05) is 6.07 Å². The van der Waals surface area contributed by atoms with Crippen molar-refractivity contribution in [3.05, 3.63) is 122 Å². The molecule has 14 nitrogen and oxygen atoms in total. The third-order valence-corrected chi connectivity index (χ3v) is 8.77. The molecule has 270 valence electrons. The van der Waals surface area contributed by atoms with Crippen LogP contribution in [0.2, 0.25) is 0 Å². The Morgan fingerprint density at radius 2 is 1.69 bits per heavy atom. The third kappa shape index (κ3) is 8.16. The lowest BCUT2D eigenvalue weighted by Crippen LogP contribution is -2.43. The summed E-state index contributed by atoms with van der Waals surface area (Å²) < 4.78 is 52.4. The summed E-state index contributed by atoms with van der Waals surface area (Å²) in [6.07, 6.45) is 3.90. The minimum Gasteiger partial charge on any atom is -0.588 e. The number of nitrogens with zero attached hydrogens (tertiary/aromatic N) is 4. The van der Waals surface area contributed by atoms with E-state index in [2.05, 4.69) is 25.3 Å². The molecule has 0 bridgehead atoms. The van der Waals surface area contributed by atoms with Crippen molar-refractivity contribution in [2.75, 3.05) is 11.8 Å². The van der Waals surface area contributed by atoms with Gasteiger partial charge in [0, 0.05) is 43.0 Å². The number of carbonyl (C=O) groups is 3. The molecule has 17 heteroatoms. The molecule has 0 saturated carbocycles. The van der Waals surface area contributed by atoms with Gasteiger partial charge in [0.2, 0.25) is 0 Å². The van der Waals surface area contributed by atoms with Crippen molar-refractivity contribution in [2.45, 2.75) is 43.7 Å². The monoisotopic (exact) mass is 733 g/mol. The van der Waals surface area contributed by atoms with Crippen LogP contribution in [-0.4, -0.2) is 60.1 Å². The second-order valence-corrected chi connectivity index (χ2v) is 13.8. The van der Waals surface area contributed by atoms with Crippen molar-refractivity contribution in [1.82, 2.24) is 29.7 Å². The lowest BCUT2D eigenvalue weighted by atomic mass is 10.1. The van der Waals surface area contributed by atoms with Crippen LogP contribution >= 0.6 is 0 Å². The lowest BCUT2D eigenvalue weighted by Gasteiger charge is -2.20. The molecule has 2 amide bonds. The molecule has 0 saturated heterocycles. The highest BCUT2D eigenvalue weighted by atomic mass is 32.2. The van der Waals surface area contributed by atoms with Gasteiger partial charge in [0.05, 0.1) is 29.8 Å². The van der Waals surface area contributed by atoms with Crippen LogP contribution in [0.5, 0.6) is 0 Å². The number of halogens is 2. The van der Waals surface area contributed by atoms with Gasteiger partial charge in [-0.3, -0.25) is 23.9 Å². The number of fused-ring (bicyclic) bond motifs is 1. The summed E-state index contributed by atoms with van der Waals surface area (Å²) >= 11 is -2.07. The van der Waals surface area contributed by atoms with Crippen molar-refractivity contribution < 1.29 is 32.5 Å². The standard InChI is InChI=1S/C35H33F2N7O7S/c1-35(2,3)41-30(45)20-7-9-21(10-8-20)52(50)42-26-16-24(36)23(15-25(26)37)31(46)40-27(33(48)51-5)14-19-6-11-29(39-17-19)44-32(47)22-12-13-38-18-28(22)43(4)34(44)49/h6-13,15-18,27,42H,14H2,1-5H3,(H,40,46)(H,41,45). The molecule has 0 radical (unpaired) electrons. The Balaban J connectivity index is 1.29. The number of hydrogen-bond donors (Lipinski definition) is 3. The molecule has 2 aromatic carbocycles. The number of hydrogen-bond acceptors (Lipinski definition) is 10. The number of pyridine rings is 2. The number of aryl methyl sites for hydroxylation is 1. The van der Waals surface area contributed by atoms with E-state index in [0.29, 0.717) is 28.8 Å². The smallest absolute Gasteiger partial charge is 0.337 e. The lowest BCUT2D eigenvalue weighted by molar-refractivity contribution is -0.142. The molecular weight excluding hydrogens is 700 g/mol. The predicted octanol–water partition coefficient (Wildman–Crippen LogP) is 2.93. The molecule has 52 heavy (non-hydrogen) atoms. The van der Waals surface area contributed by atoms with E-state index in [0.717, 1.165) is 11.7 Å². The third-order valence-electron chi connectivity index (χ3n) is 7.67. The summed E-state index contributed by atoms with van der Waals surface area (Å²) in [5, 5.41) is 5.37. The van der Waals surface area contributed by atoms with Gasteiger partial charge in [0.25, 0.3) is 17.4 Å². The average Bonchev–Trinajstić information content (AvgIpc) is 3.11. The number of anilines is 1. The van der Waals surface area contributed by atoms with Crippen molar-refractivity contribution in [3.8, 4) is 5.82 Å². The molecule has 5 rings (SSSR count). The van der Waals surface area contributed by atoms with E-state index < -0.39 is 69.0 Å². The Hall–Kier alpha value is -5.94. The van der Waals surface area contributed by atoms with Crippen LogP contribution < -0.4 is 26.6 Å². The van der Waals surface area contributed by atoms with Gasteiger partial charge in [0.1, 0.15) is 34.7 Å². The van der Waals surface area contributed by atoms with Gasteiger partial charge < -0.3 is 19.9 Å². The van der Waals surface area contributed by atoms with E-state index in [1.54, 1.807) is 0 Å². The summed E-state index contributed by atoms with van der Waals surface area (Å²) in [4.78, 5) is 72.5. The molecule has 3 N–H and O–H groups in total. The summed E-state index contributed by atoms with van der Waals surface area (Å²) in [7, 11) is 2.56. The Bertz CT molecular complexity index is 2290. The first-order chi connectivity index (χ1) is 24.6.